The summed E-state index contributed by atoms with van der Waals surface area (Å²) in [5.41, 5.74) is 2.15. The molecule has 2 heterocycles. The van der Waals surface area contributed by atoms with E-state index < -0.39 is 17.6 Å². The summed E-state index contributed by atoms with van der Waals surface area (Å²) in [6, 6.07) is 1.96. The van der Waals surface area contributed by atoms with Crippen molar-refractivity contribution in [1.29, 1.82) is 0 Å². The zero-order chi connectivity index (χ0) is 18.4. The number of aryl methyl sites for hydroxylation is 2. The van der Waals surface area contributed by atoms with Gasteiger partial charge in [-0.3, -0.25) is 4.98 Å². The number of aliphatic imine (C=N–C) groups is 1. The summed E-state index contributed by atoms with van der Waals surface area (Å²) in [6.45, 7) is 4.07. The molecule has 2 rings (SSSR count). The Morgan fingerprint density at radius 3 is 2.64 bits per heavy atom. The third-order valence-corrected chi connectivity index (χ3v) is 4.93. The number of pyridine rings is 1. The van der Waals surface area contributed by atoms with E-state index in [9.17, 15) is 18.3 Å². The number of aromatic nitrogens is 1. The van der Waals surface area contributed by atoms with E-state index in [1.807, 2.05) is 19.9 Å². The fraction of sp³-hybridized carbons (Fsp3) is 0.444. The maximum atomic E-state index is 13.1. The van der Waals surface area contributed by atoms with Gasteiger partial charge in [0.15, 0.2) is 0 Å². The van der Waals surface area contributed by atoms with E-state index in [0.717, 1.165) is 29.7 Å². The molecule has 0 bridgehead atoms. The van der Waals surface area contributed by atoms with Crippen LogP contribution >= 0.6 is 11.8 Å². The standard InChI is InChI=1S/C18H21F3N2OS/c1-3-12-8-9-22-15(4-2)14(12)11-25-17-7-5-6-13(24)10-16(23-17)18(19,20)21/h6,8-10,24H,3-5,7,11H2,1-2H3. The van der Waals surface area contributed by atoms with Crippen molar-refractivity contribution in [1.82, 2.24) is 4.98 Å². The Hall–Kier alpha value is -1.76. The van der Waals surface area contributed by atoms with Crippen molar-refractivity contribution < 1.29 is 18.3 Å². The molecule has 0 aromatic carbocycles. The number of aliphatic hydroxyl groups excluding tert-OH is 1. The molecule has 1 aromatic heterocycles. The highest BCUT2D eigenvalue weighted by Gasteiger charge is 2.34. The summed E-state index contributed by atoms with van der Waals surface area (Å²) in [5.74, 6) is 0.147. The van der Waals surface area contributed by atoms with Gasteiger partial charge in [0.2, 0.25) is 0 Å². The van der Waals surface area contributed by atoms with Crippen molar-refractivity contribution in [2.45, 2.75) is 51.5 Å². The predicted molar refractivity (Wildman–Crippen MR) is 95.8 cm³/mol. The maximum Gasteiger partial charge on any atom is 0.433 e. The highest BCUT2D eigenvalue weighted by Crippen LogP contribution is 2.31. The summed E-state index contributed by atoms with van der Waals surface area (Å²) >= 11 is 1.31. The lowest BCUT2D eigenvalue weighted by Gasteiger charge is -2.15. The van der Waals surface area contributed by atoms with E-state index >= 15 is 0 Å². The summed E-state index contributed by atoms with van der Waals surface area (Å²) < 4.78 is 39.2. The zero-order valence-corrected chi connectivity index (χ0v) is 15.0. The lowest BCUT2D eigenvalue weighted by molar-refractivity contribution is -0.0925. The van der Waals surface area contributed by atoms with Crippen LogP contribution in [-0.4, -0.2) is 21.3 Å². The van der Waals surface area contributed by atoms with Crippen LogP contribution in [0.25, 0.3) is 0 Å². The summed E-state index contributed by atoms with van der Waals surface area (Å²) in [5, 5.41) is 9.90. The summed E-state index contributed by atoms with van der Waals surface area (Å²) in [4.78, 5) is 8.16. The third-order valence-electron chi connectivity index (χ3n) is 3.87. The molecule has 0 spiro atoms. The molecule has 0 radical (unpaired) electrons. The Morgan fingerprint density at radius 2 is 2.00 bits per heavy atom. The number of aliphatic hydroxyl groups is 1. The average molecular weight is 370 g/mol. The van der Waals surface area contributed by atoms with E-state index in [4.69, 9.17) is 0 Å². The second-order valence-electron chi connectivity index (χ2n) is 5.59. The van der Waals surface area contributed by atoms with Crippen molar-refractivity contribution in [2.75, 3.05) is 0 Å². The van der Waals surface area contributed by atoms with Crippen LogP contribution in [0, 0.1) is 0 Å². The SMILES string of the molecule is CCc1ccnc(CC)c1CSC1=NC(C(F)(F)F)=CC(O)=CCC1. The first-order valence-corrected chi connectivity index (χ1v) is 9.17. The minimum absolute atomic E-state index is 0.366. The summed E-state index contributed by atoms with van der Waals surface area (Å²) in [6.07, 6.45) is 1.69. The van der Waals surface area contributed by atoms with Crippen molar-refractivity contribution in [3.05, 3.63) is 52.7 Å². The van der Waals surface area contributed by atoms with Gasteiger partial charge >= 0.3 is 6.18 Å². The molecular weight excluding hydrogens is 349 g/mol. The minimum atomic E-state index is -4.59. The van der Waals surface area contributed by atoms with Crippen LogP contribution in [0.15, 0.2) is 40.9 Å². The molecule has 0 saturated carbocycles. The number of nitrogens with zero attached hydrogens (tertiary/aromatic N) is 2. The molecule has 3 nitrogen and oxygen atoms in total. The van der Waals surface area contributed by atoms with Gasteiger partial charge < -0.3 is 5.11 Å². The Kier molecular flexibility index (Phi) is 6.70. The molecule has 1 aliphatic heterocycles. The van der Waals surface area contributed by atoms with Crippen molar-refractivity contribution >= 4 is 16.8 Å². The van der Waals surface area contributed by atoms with Crippen molar-refractivity contribution in [2.24, 2.45) is 4.99 Å². The second-order valence-corrected chi connectivity index (χ2v) is 6.64. The molecule has 0 unspecified atom stereocenters. The highest BCUT2D eigenvalue weighted by atomic mass is 32.2. The van der Waals surface area contributed by atoms with Gasteiger partial charge in [-0.15, -0.1) is 11.8 Å². The number of allylic oxidation sites excluding steroid dienone is 3. The minimum Gasteiger partial charge on any atom is -0.508 e. The van der Waals surface area contributed by atoms with Gasteiger partial charge in [0, 0.05) is 23.7 Å². The molecule has 25 heavy (non-hydrogen) atoms. The van der Waals surface area contributed by atoms with Gasteiger partial charge in [0.05, 0.1) is 5.04 Å². The van der Waals surface area contributed by atoms with Crippen LogP contribution < -0.4 is 0 Å². The Bertz CT molecular complexity index is 687. The molecule has 7 heteroatoms. The van der Waals surface area contributed by atoms with E-state index in [0.29, 0.717) is 29.7 Å². The Balaban J connectivity index is 2.26. The van der Waals surface area contributed by atoms with Gasteiger partial charge in [0.25, 0.3) is 0 Å². The normalized spacial score (nSPS) is 15.8. The van der Waals surface area contributed by atoms with E-state index in [-0.39, 0.29) is 0 Å². The molecule has 136 valence electrons. The van der Waals surface area contributed by atoms with Crippen LogP contribution in [0.1, 0.15) is 43.5 Å². The first-order chi connectivity index (χ1) is 11.8. The number of thioether (sulfide) groups is 1. The molecule has 0 fully saturated rings. The number of alkyl halides is 3. The predicted octanol–water partition coefficient (Wildman–Crippen LogP) is 5.52. The Labute approximate surface area is 149 Å². The van der Waals surface area contributed by atoms with Gasteiger partial charge in [-0.05, 0) is 49.0 Å². The number of rotatable bonds is 4. The fourth-order valence-electron chi connectivity index (χ4n) is 2.56. The lowest BCUT2D eigenvalue weighted by Crippen LogP contribution is -2.13. The maximum absolute atomic E-state index is 13.1. The molecule has 0 amide bonds. The number of hydrogen-bond acceptors (Lipinski definition) is 4. The first kappa shape index (κ1) is 19.6. The largest absolute Gasteiger partial charge is 0.508 e. The molecule has 0 atom stereocenters. The number of hydrogen-bond donors (Lipinski definition) is 1. The van der Waals surface area contributed by atoms with Gasteiger partial charge in [-0.25, -0.2) is 4.99 Å². The smallest absolute Gasteiger partial charge is 0.433 e. The van der Waals surface area contributed by atoms with Crippen LogP contribution in [0.5, 0.6) is 0 Å². The molecule has 1 aliphatic rings. The molecule has 0 aliphatic carbocycles. The molecule has 1 N–H and O–H groups in total. The van der Waals surface area contributed by atoms with Crippen molar-refractivity contribution in [3.63, 3.8) is 0 Å². The van der Waals surface area contributed by atoms with E-state index in [1.54, 1.807) is 6.20 Å². The van der Waals surface area contributed by atoms with Crippen LogP contribution in [-0.2, 0) is 18.6 Å². The topological polar surface area (TPSA) is 45.5 Å². The van der Waals surface area contributed by atoms with E-state index in [1.165, 1.54) is 17.8 Å². The van der Waals surface area contributed by atoms with Gasteiger partial charge in [-0.1, -0.05) is 13.8 Å². The molecular formula is C18H21F3N2OS. The first-order valence-electron chi connectivity index (χ1n) is 8.19. The summed E-state index contributed by atoms with van der Waals surface area (Å²) in [7, 11) is 0. The Morgan fingerprint density at radius 1 is 1.24 bits per heavy atom. The van der Waals surface area contributed by atoms with Gasteiger partial charge in [0.1, 0.15) is 11.5 Å². The lowest BCUT2D eigenvalue weighted by atomic mass is 10.0. The molecule has 1 aromatic rings. The number of halogens is 3. The van der Waals surface area contributed by atoms with E-state index in [2.05, 4.69) is 9.98 Å². The molecule has 0 saturated heterocycles. The van der Waals surface area contributed by atoms with Crippen LogP contribution in [0.3, 0.4) is 0 Å². The fourth-order valence-corrected chi connectivity index (χ4v) is 3.65. The zero-order valence-electron chi connectivity index (χ0n) is 14.2. The van der Waals surface area contributed by atoms with Gasteiger partial charge in [-0.2, -0.15) is 13.2 Å². The van der Waals surface area contributed by atoms with Crippen molar-refractivity contribution in [3.8, 4) is 0 Å². The average Bonchev–Trinajstić information content (AvgIpc) is 2.55. The van der Waals surface area contributed by atoms with Crippen LogP contribution in [0.2, 0.25) is 0 Å². The quantitative estimate of drug-likeness (QED) is 0.759. The highest BCUT2D eigenvalue weighted by molar-refractivity contribution is 8.13. The van der Waals surface area contributed by atoms with Crippen LogP contribution in [0.4, 0.5) is 13.2 Å². The second kappa shape index (κ2) is 8.56. The monoisotopic (exact) mass is 370 g/mol. The third kappa shape index (κ3) is 5.36.